The Balaban J connectivity index is 3.02. The molecule has 0 saturated heterocycles. The molecule has 20 heavy (non-hydrogen) atoms. The van der Waals surface area contributed by atoms with Crippen LogP contribution in [-0.2, 0) is 14.6 Å². The van der Waals surface area contributed by atoms with E-state index in [9.17, 15) is 22.0 Å². The molecule has 0 unspecified atom stereocenters. The van der Waals surface area contributed by atoms with Gasteiger partial charge in [0.25, 0.3) is 0 Å². The number of rotatable bonds is 7. The predicted molar refractivity (Wildman–Crippen MR) is 69.8 cm³/mol. The van der Waals surface area contributed by atoms with E-state index in [4.69, 9.17) is 5.11 Å². The van der Waals surface area contributed by atoms with Crippen LogP contribution >= 0.6 is 0 Å². The van der Waals surface area contributed by atoms with Gasteiger partial charge in [-0.2, -0.15) is 8.78 Å². The van der Waals surface area contributed by atoms with Gasteiger partial charge in [0.15, 0.2) is 0 Å². The lowest BCUT2D eigenvalue weighted by molar-refractivity contribution is -0.135. The highest BCUT2D eigenvalue weighted by atomic mass is 32.2. The Bertz CT molecular complexity index is 557. The van der Waals surface area contributed by atoms with Gasteiger partial charge >= 0.3 is 11.7 Å². The molecule has 0 bridgehead atoms. The van der Waals surface area contributed by atoms with E-state index in [-0.39, 0.29) is 6.54 Å². The first-order valence-corrected chi connectivity index (χ1v) is 7.42. The zero-order valence-corrected chi connectivity index (χ0v) is 11.6. The van der Waals surface area contributed by atoms with Gasteiger partial charge in [-0.15, -0.1) is 0 Å². The number of carboxylic acids is 1. The average Bonchev–Trinajstić information content (AvgIpc) is 2.37. The van der Waals surface area contributed by atoms with Crippen LogP contribution in [0.5, 0.6) is 0 Å². The largest absolute Gasteiger partial charge is 0.480 e. The Hall–Kier alpha value is -1.70. The molecule has 0 radical (unpaired) electrons. The molecule has 5 nitrogen and oxygen atoms in total. The monoisotopic (exact) mass is 307 g/mol. The van der Waals surface area contributed by atoms with Crippen LogP contribution in [0.4, 0.5) is 14.5 Å². The second kappa shape index (κ2) is 6.65. The topological polar surface area (TPSA) is 74.7 Å². The van der Waals surface area contributed by atoms with Crippen molar-refractivity contribution in [2.75, 3.05) is 18.0 Å². The lowest BCUT2D eigenvalue weighted by atomic mass is 10.2. The summed E-state index contributed by atoms with van der Waals surface area (Å²) in [5, 5.41) is 8.79. The molecule has 0 fully saturated rings. The minimum atomic E-state index is -4.62. The summed E-state index contributed by atoms with van der Waals surface area (Å²) in [5.41, 5.74) is 0.475. The van der Waals surface area contributed by atoms with Crippen LogP contribution in [0.2, 0.25) is 0 Å². The molecule has 0 aliphatic rings. The highest BCUT2D eigenvalue weighted by Crippen LogP contribution is 2.22. The Morgan fingerprint density at radius 2 is 1.85 bits per heavy atom. The zero-order valence-electron chi connectivity index (χ0n) is 10.8. The van der Waals surface area contributed by atoms with Gasteiger partial charge in [0.05, 0.1) is 4.90 Å². The van der Waals surface area contributed by atoms with E-state index in [1.165, 1.54) is 17.0 Å². The molecular weight excluding hydrogens is 292 g/mol. The van der Waals surface area contributed by atoms with Gasteiger partial charge in [-0.1, -0.05) is 6.92 Å². The number of halogens is 2. The first-order chi connectivity index (χ1) is 9.28. The van der Waals surface area contributed by atoms with Crippen molar-refractivity contribution in [3.05, 3.63) is 24.3 Å². The van der Waals surface area contributed by atoms with Crippen molar-refractivity contribution in [2.24, 2.45) is 0 Å². The molecule has 0 aromatic heterocycles. The maximum Gasteiger partial charge on any atom is 0.341 e. The number of alkyl halides is 2. The van der Waals surface area contributed by atoms with E-state index in [1.54, 1.807) is 0 Å². The van der Waals surface area contributed by atoms with Crippen LogP contribution < -0.4 is 4.90 Å². The fourth-order valence-electron chi connectivity index (χ4n) is 1.68. The van der Waals surface area contributed by atoms with Crippen molar-refractivity contribution < 1.29 is 27.1 Å². The molecule has 0 aliphatic heterocycles. The van der Waals surface area contributed by atoms with Gasteiger partial charge in [0.1, 0.15) is 6.54 Å². The van der Waals surface area contributed by atoms with Crippen LogP contribution in [-0.4, -0.2) is 38.3 Å². The fourth-order valence-corrected chi connectivity index (χ4v) is 2.40. The van der Waals surface area contributed by atoms with Gasteiger partial charge < -0.3 is 10.0 Å². The first kappa shape index (κ1) is 16.4. The fraction of sp³-hybridized carbons (Fsp3) is 0.417. The van der Waals surface area contributed by atoms with Gasteiger partial charge in [-0.05, 0) is 30.7 Å². The molecule has 0 spiro atoms. The minimum absolute atomic E-state index is 0.241. The Labute approximate surface area is 115 Å². The van der Waals surface area contributed by atoms with Crippen molar-refractivity contribution in [1.82, 2.24) is 0 Å². The molecule has 112 valence electrons. The van der Waals surface area contributed by atoms with Crippen molar-refractivity contribution >= 4 is 21.5 Å². The second-order valence-electron chi connectivity index (χ2n) is 4.11. The normalized spacial score (nSPS) is 11.6. The molecule has 0 atom stereocenters. The van der Waals surface area contributed by atoms with Crippen molar-refractivity contribution in [2.45, 2.75) is 24.0 Å². The standard InChI is InChI=1S/C12H15F2NO4S/c1-2-7-15(8-11(16)17)9-3-5-10(6-4-9)20(18,19)12(13)14/h3-6,12H,2,7-8H2,1H3,(H,16,17). The number of hydrogen-bond acceptors (Lipinski definition) is 4. The Morgan fingerprint density at radius 3 is 2.25 bits per heavy atom. The molecule has 8 heteroatoms. The molecule has 1 aromatic carbocycles. The van der Waals surface area contributed by atoms with Gasteiger partial charge in [0, 0.05) is 12.2 Å². The van der Waals surface area contributed by atoms with Crippen molar-refractivity contribution in [3.8, 4) is 0 Å². The summed E-state index contributed by atoms with van der Waals surface area (Å²) in [7, 11) is -4.62. The van der Waals surface area contributed by atoms with Gasteiger partial charge in [0.2, 0.25) is 9.84 Å². The number of sulfone groups is 1. The zero-order chi connectivity index (χ0) is 15.3. The van der Waals surface area contributed by atoms with E-state index in [1.807, 2.05) is 6.92 Å². The highest BCUT2D eigenvalue weighted by molar-refractivity contribution is 7.91. The van der Waals surface area contributed by atoms with Crippen LogP contribution in [0.25, 0.3) is 0 Å². The van der Waals surface area contributed by atoms with Crippen LogP contribution in [0.3, 0.4) is 0 Å². The van der Waals surface area contributed by atoms with Crippen LogP contribution in [0.15, 0.2) is 29.2 Å². The molecule has 1 aromatic rings. The number of aliphatic carboxylic acids is 1. The third-order valence-corrected chi connectivity index (χ3v) is 3.98. The lowest BCUT2D eigenvalue weighted by Gasteiger charge is -2.22. The third kappa shape index (κ3) is 3.89. The summed E-state index contributed by atoms with van der Waals surface area (Å²) in [6.07, 6.45) is 0.699. The third-order valence-electron chi connectivity index (χ3n) is 2.58. The summed E-state index contributed by atoms with van der Waals surface area (Å²) in [6, 6.07) is 4.77. The molecule has 1 N–H and O–H groups in total. The first-order valence-electron chi connectivity index (χ1n) is 5.88. The van der Waals surface area contributed by atoms with E-state index < -0.39 is 26.5 Å². The number of carbonyl (C=O) groups is 1. The molecule has 0 aliphatic carbocycles. The van der Waals surface area contributed by atoms with E-state index in [0.29, 0.717) is 18.7 Å². The van der Waals surface area contributed by atoms with E-state index in [2.05, 4.69) is 0 Å². The Morgan fingerprint density at radius 1 is 1.30 bits per heavy atom. The van der Waals surface area contributed by atoms with Crippen LogP contribution in [0.1, 0.15) is 13.3 Å². The summed E-state index contributed by atoms with van der Waals surface area (Å²) in [5.74, 6) is -4.50. The lowest BCUT2D eigenvalue weighted by Crippen LogP contribution is -2.30. The quantitative estimate of drug-likeness (QED) is 0.834. The number of benzene rings is 1. The molecule has 1 rings (SSSR count). The summed E-state index contributed by atoms with van der Waals surface area (Å²) < 4.78 is 47.3. The minimum Gasteiger partial charge on any atom is -0.480 e. The van der Waals surface area contributed by atoms with Crippen molar-refractivity contribution in [3.63, 3.8) is 0 Å². The number of carboxylic acid groups (broad SMARTS) is 1. The molecule has 0 amide bonds. The summed E-state index contributed by atoms with van der Waals surface area (Å²) in [6.45, 7) is 2.09. The van der Waals surface area contributed by atoms with E-state index >= 15 is 0 Å². The summed E-state index contributed by atoms with van der Waals surface area (Å²) in [4.78, 5) is 11.8. The smallest absolute Gasteiger partial charge is 0.341 e. The second-order valence-corrected chi connectivity index (χ2v) is 6.03. The average molecular weight is 307 g/mol. The maximum absolute atomic E-state index is 12.4. The molecule has 0 heterocycles. The molecule has 0 saturated carbocycles. The van der Waals surface area contributed by atoms with Crippen molar-refractivity contribution in [1.29, 1.82) is 0 Å². The maximum atomic E-state index is 12.4. The Kier molecular flexibility index (Phi) is 5.43. The number of hydrogen-bond donors (Lipinski definition) is 1. The van der Waals surface area contributed by atoms with E-state index in [0.717, 1.165) is 12.1 Å². The SMILES string of the molecule is CCCN(CC(=O)O)c1ccc(S(=O)(=O)C(F)F)cc1. The van der Waals surface area contributed by atoms with Gasteiger partial charge in [-0.25, -0.2) is 8.42 Å². The van der Waals surface area contributed by atoms with Gasteiger partial charge in [-0.3, -0.25) is 4.79 Å². The highest BCUT2D eigenvalue weighted by Gasteiger charge is 2.26. The summed E-state index contributed by atoms with van der Waals surface area (Å²) >= 11 is 0. The van der Waals surface area contributed by atoms with Crippen LogP contribution in [0, 0.1) is 0 Å². The predicted octanol–water partition coefficient (Wildman–Crippen LogP) is 1.98. The number of nitrogens with zero attached hydrogens (tertiary/aromatic N) is 1. The number of anilines is 1. The molecular formula is C12H15F2NO4S.